The molecule has 0 saturated carbocycles. The van der Waals surface area contributed by atoms with Gasteiger partial charge < -0.3 is 8.83 Å². The summed E-state index contributed by atoms with van der Waals surface area (Å²) in [5.74, 6) is 2.39. The highest BCUT2D eigenvalue weighted by molar-refractivity contribution is 6.00. The molecule has 0 aliphatic heterocycles. The van der Waals surface area contributed by atoms with Gasteiger partial charge in [0.1, 0.15) is 22.8 Å². The lowest BCUT2D eigenvalue weighted by Gasteiger charge is -2.22. The van der Waals surface area contributed by atoms with Crippen molar-refractivity contribution < 1.29 is 8.83 Å². The predicted octanol–water partition coefficient (Wildman–Crippen LogP) is 9.87. The number of pyridine rings is 1. The van der Waals surface area contributed by atoms with E-state index in [1.165, 1.54) is 21.9 Å². The first-order valence-corrected chi connectivity index (χ1v) is 13.1. The molecule has 3 heteroatoms. The van der Waals surface area contributed by atoms with Crippen LogP contribution in [0.25, 0.3) is 55.3 Å². The van der Waals surface area contributed by atoms with Crippen molar-refractivity contribution in [3.8, 4) is 22.6 Å². The van der Waals surface area contributed by atoms with Crippen molar-refractivity contribution in [3.63, 3.8) is 0 Å². The van der Waals surface area contributed by atoms with Gasteiger partial charge in [0.25, 0.3) is 0 Å². The number of rotatable bonds is 4. The van der Waals surface area contributed by atoms with Crippen molar-refractivity contribution in [2.24, 2.45) is 5.92 Å². The van der Waals surface area contributed by atoms with Crippen molar-refractivity contribution in [3.05, 3.63) is 89.8 Å². The topological polar surface area (TPSA) is 39.2 Å². The maximum absolute atomic E-state index is 6.59. The normalized spacial score (nSPS) is 12.4. The molecule has 0 aliphatic rings. The molecule has 0 spiro atoms. The highest BCUT2D eigenvalue weighted by Crippen LogP contribution is 2.40. The molecular weight excluding hydrogens is 454 g/mol. The smallest absolute Gasteiger partial charge is 0.161 e. The third kappa shape index (κ3) is 4.03. The fraction of sp³-hybridized carbons (Fsp3) is 0.265. The highest BCUT2D eigenvalue weighted by atomic mass is 16.4. The molecule has 0 unspecified atom stereocenters. The molecule has 0 bridgehead atoms. The van der Waals surface area contributed by atoms with Crippen molar-refractivity contribution in [1.82, 2.24) is 4.98 Å². The molecule has 37 heavy (non-hydrogen) atoms. The number of hydrogen-bond acceptors (Lipinski definition) is 3. The van der Waals surface area contributed by atoms with Crippen LogP contribution in [0.4, 0.5) is 0 Å². The zero-order valence-electron chi connectivity index (χ0n) is 22.5. The van der Waals surface area contributed by atoms with E-state index in [0.29, 0.717) is 5.92 Å². The first kappa shape index (κ1) is 23.5. The SMILES string of the molecule is Cc1c(CC(C)C)oc2c(-c3cc4ccnc(-c5cc(C(C)(C)C)c6ccccc6c5)c4o3)cccc12. The van der Waals surface area contributed by atoms with Crippen LogP contribution in [0.2, 0.25) is 0 Å². The lowest BCUT2D eigenvalue weighted by atomic mass is 9.82. The average Bonchev–Trinajstić information content (AvgIpc) is 3.43. The minimum atomic E-state index is -0.00167. The van der Waals surface area contributed by atoms with Crippen LogP contribution in [-0.4, -0.2) is 4.98 Å². The van der Waals surface area contributed by atoms with Crippen LogP contribution in [-0.2, 0) is 11.8 Å². The molecule has 0 N–H and O–H groups in total. The number of furan rings is 2. The number of fused-ring (bicyclic) bond motifs is 3. The summed E-state index contributed by atoms with van der Waals surface area (Å²) in [7, 11) is 0. The van der Waals surface area contributed by atoms with Crippen LogP contribution < -0.4 is 0 Å². The van der Waals surface area contributed by atoms with Gasteiger partial charge in [-0.25, -0.2) is 0 Å². The van der Waals surface area contributed by atoms with E-state index in [9.17, 15) is 0 Å². The first-order chi connectivity index (χ1) is 17.7. The number of benzene rings is 3. The van der Waals surface area contributed by atoms with Gasteiger partial charge in [0.2, 0.25) is 0 Å². The molecule has 3 aromatic carbocycles. The molecule has 0 aliphatic carbocycles. The van der Waals surface area contributed by atoms with Crippen LogP contribution in [0.1, 0.15) is 51.5 Å². The lowest BCUT2D eigenvalue weighted by molar-refractivity contribution is 0.496. The molecule has 186 valence electrons. The number of aromatic nitrogens is 1. The second kappa shape index (κ2) is 8.62. The molecule has 0 fully saturated rings. The van der Waals surface area contributed by atoms with Gasteiger partial charge >= 0.3 is 0 Å². The Hall–Kier alpha value is -3.85. The lowest BCUT2D eigenvalue weighted by Crippen LogP contribution is -2.12. The molecule has 0 atom stereocenters. The van der Waals surface area contributed by atoms with Crippen molar-refractivity contribution in [2.45, 2.75) is 53.4 Å². The van der Waals surface area contributed by atoms with Gasteiger partial charge in [-0.1, -0.05) is 71.0 Å². The Kier molecular flexibility index (Phi) is 5.49. The largest absolute Gasteiger partial charge is 0.460 e. The average molecular weight is 488 g/mol. The molecule has 6 aromatic rings. The maximum atomic E-state index is 6.59. The van der Waals surface area contributed by atoms with Crippen molar-refractivity contribution in [1.29, 1.82) is 0 Å². The van der Waals surface area contributed by atoms with Crippen molar-refractivity contribution >= 4 is 32.7 Å². The molecule has 0 amide bonds. The van der Waals surface area contributed by atoms with E-state index in [2.05, 4.69) is 102 Å². The number of para-hydroxylation sites is 1. The summed E-state index contributed by atoms with van der Waals surface area (Å²) < 4.78 is 13.0. The molecule has 3 nitrogen and oxygen atoms in total. The van der Waals surface area contributed by atoms with E-state index >= 15 is 0 Å². The Bertz CT molecular complexity index is 1780. The summed E-state index contributed by atoms with van der Waals surface area (Å²) in [6, 6.07) is 23.5. The third-order valence-corrected chi connectivity index (χ3v) is 7.30. The van der Waals surface area contributed by atoms with E-state index in [1.807, 2.05) is 12.3 Å². The monoisotopic (exact) mass is 487 g/mol. The molecule has 6 rings (SSSR count). The van der Waals surface area contributed by atoms with Crippen LogP contribution in [0.3, 0.4) is 0 Å². The Balaban J connectivity index is 1.54. The summed E-state index contributed by atoms with van der Waals surface area (Å²) in [4.78, 5) is 4.81. The Morgan fingerprint density at radius 2 is 1.59 bits per heavy atom. The highest BCUT2D eigenvalue weighted by Gasteiger charge is 2.22. The van der Waals surface area contributed by atoms with Gasteiger partial charge in [-0.15, -0.1) is 0 Å². The minimum absolute atomic E-state index is 0.00167. The first-order valence-electron chi connectivity index (χ1n) is 13.1. The number of nitrogens with zero attached hydrogens (tertiary/aromatic N) is 1. The zero-order chi connectivity index (χ0) is 25.9. The summed E-state index contributed by atoms with van der Waals surface area (Å²) in [6.45, 7) is 13.4. The van der Waals surface area contributed by atoms with Crippen molar-refractivity contribution in [2.75, 3.05) is 0 Å². The third-order valence-electron chi connectivity index (χ3n) is 7.30. The van der Waals surface area contributed by atoms with Gasteiger partial charge in [0.05, 0.1) is 5.56 Å². The molecular formula is C34H33NO2. The fourth-order valence-electron chi connectivity index (χ4n) is 5.42. The van der Waals surface area contributed by atoms with E-state index < -0.39 is 0 Å². The molecule has 0 radical (unpaired) electrons. The van der Waals surface area contributed by atoms with E-state index in [1.54, 1.807) is 0 Å². The van der Waals surface area contributed by atoms with E-state index in [-0.39, 0.29) is 5.41 Å². The molecule has 3 heterocycles. The van der Waals surface area contributed by atoms with Crippen LogP contribution in [0.5, 0.6) is 0 Å². The molecule has 3 aromatic heterocycles. The van der Waals surface area contributed by atoms with Crippen LogP contribution in [0.15, 0.2) is 81.8 Å². The van der Waals surface area contributed by atoms with Gasteiger partial charge in [-0.05, 0) is 70.5 Å². The quantitative estimate of drug-likeness (QED) is 0.248. The summed E-state index contributed by atoms with van der Waals surface area (Å²) in [5, 5.41) is 4.68. The van der Waals surface area contributed by atoms with Gasteiger partial charge in [-0.3, -0.25) is 4.98 Å². The van der Waals surface area contributed by atoms with Gasteiger partial charge in [0, 0.05) is 29.0 Å². The fourth-order valence-corrected chi connectivity index (χ4v) is 5.42. The summed E-state index contributed by atoms with van der Waals surface area (Å²) in [6.07, 6.45) is 2.80. The predicted molar refractivity (Wildman–Crippen MR) is 154 cm³/mol. The second-order valence-corrected chi connectivity index (χ2v) is 11.6. The summed E-state index contributed by atoms with van der Waals surface area (Å²) >= 11 is 0. The van der Waals surface area contributed by atoms with Crippen LogP contribution >= 0.6 is 0 Å². The van der Waals surface area contributed by atoms with Crippen LogP contribution in [0, 0.1) is 12.8 Å². The number of hydrogen-bond donors (Lipinski definition) is 0. The Morgan fingerprint density at radius 1 is 0.811 bits per heavy atom. The van der Waals surface area contributed by atoms with E-state index in [4.69, 9.17) is 13.8 Å². The van der Waals surface area contributed by atoms with Gasteiger partial charge in [0.15, 0.2) is 5.58 Å². The standard InChI is InChI=1S/C34H33NO2/c1-20(2)16-29-21(3)25-12-9-13-27(33(25)36-29)30-19-23-14-15-35-31(32(23)37-30)24-17-22-10-7-8-11-26(22)28(18-24)34(4,5)6/h7-15,17-20H,16H2,1-6H3. The summed E-state index contributed by atoms with van der Waals surface area (Å²) in [5.41, 5.74) is 7.13. The Labute approximate surface area is 218 Å². The van der Waals surface area contributed by atoms with E-state index in [0.717, 1.165) is 56.7 Å². The Morgan fingerprint density at radius 3 is 2.38 bits per heavy atom. The minimum Gasteiger partial charge on any atom is -0.460 e. The maximum Gasteiger partial charge on any atom is 0.161 e. The number of aryl methyl sites for hydroxylation is 1. The zero-order valence-corrected chi connectivity index (χ0v) is 22.5. The second-order valence-electron chi connectivity index (χ2n) is 11.6. The molecule has 0 saturated heterocycles. The van der Waals surface area contributed by atoms with Gasteiger partial charge in [-0.2, -0.15) is 0 Å².